The molecular formula is C75H106O22. The van der Waals surface area contributed by atoms with Crippen LogP contribution in [0.3, 0.4) is 0 Å². The van der Waals surface area contributed by atoms with Crippen molar-refractivity contribution in [2.24, 2.45) is 0 Å². The molecule has 22 heteroatoms. The zero-order valence-corrected chi connectivity index (χ0v) is 57.5. The number of esters is 10. The van der Waals surface area contributed by atoms with Crippen molar-refractivity contribution in [1.29, 1.82) is 0 Å². The van der Waals surface area contributed by atoms with E-state index in [1.54, 1.807) is 86.8 Å². The summed E-state index contributed by atoms with van der Waals surface area (Å²) in [6.07, 6.45) is 22.0. The molecule has 0 spiro atoms. The van der Waals surface area contributed by atoms with Crippen LogP contribution in [-0.2, 0) is 76.3 Å². The highest BCUT2D eigenvalue weighted by atomic mass is 16.6. The molecule has 3 rings (SSSR count). The zero-order chi connectivity index (χ0) is 70.2. The highest BCUT2D eigenvalue weighted by Crippen LogP contribution is 2.22. The van der Waals surface area contributed by atoms with E-state index >= 15 is 0 Å². The first-order chi connectivity index (χ1) is 47.1. The third kappa shape index (κ3) is 45.0. The summed E-state index contributed by atoms with van der Waals surface area (Å²) in [7, 11) is 1.54. The minimum Gasteiger partial charge on any atom is -0.497 e. The highest BCUT2D eigenvalue weighted by molar-refractivity contribution is 5.92. The first kappa shape index (κ1) is 82.9. The maximum atomic E-state index is 12.7. The molecule has 0 saturated heterocycles. The molecule has 3 aromatic rings. The van der Waals surface area contributed by atoms with Gasteiger partial charge >= 0.3 is 59.7 Å². The van der Waals surface area contributed by atoms with Gasteiger partial charge in [0.2, 0.25) is 0 Å². The van der Waals surface area contributed by atoms with Gasteiger partial charge in [0, 0.05) is 50.5 Å². The first-order valence-electron chi connectivity index (χ1n) is 34.9. The predicted molar refractivity (Wildman–Crippen MR) is 361 cm³/mol. The fourth-order valence-electron chi connectivity index (χ4n) is 9.36. The monoisotopic (exact) mass is 1360 g/mol. The molecule has 0 N–H and O–H groups in total. The fraction of sp³-hybridized carbons (Fsp3) is 0.600. The topological polar surface area (TPSA) is 281 Å². The molecule has 538 valence electrons. The van der Waals surface area contributed by atoms with Crippen molar-refractivity contribution < 1.29 is 105 Å². The molecule has 97 heavy (non-hydrogen) atoms. The number of carbonyl (C=O) groups excluding carboxylic acids is 10. The van der Waals surface area contributed by atoms with Crippen LogP contribution >= 0.6 is 0 Å². The van der Waals surface area contributed by atoms with Crippen LogP contribution in [0.4, 0.5) is 0 Å². The van der Waals surface area contributed by atoms with Crippen molar-refractivity contribution in [3.63, 3.8) is 0 Å². The van der Waals surface area contributed by atoms with E-state index in [0.717, 1.165) is 83.5 Å². The van der Waals surface area contributed by atoms with Gasteiger partial charge in [-0.25, -0.2) is 14.4 Å². The van der Waals surface area contributed by atoms with Crippen LogP contribution in [0.2, 0.25) is 0 Å². The summed E-state index contributed by atoms with van der Waals surface area (Å²) in [4.78, 5) is 121. The third-order valence-corrected chi connectivity index (χ3v) is 15.1. The van der Waals surface area contributed by atoms with E-state index in [1.807, 2.05) is 0 Å². The smallest absolute Gasteiger partial charge is 0.343 e. The molecule has 0 radical (unpaired) electrons. The first-order valence-corrected chi connectivity index (χ1v) is 34.9. The minimum atomic E-state index is -0.531. The quantitative estimate of drug-likeness (QED) is 0.0167. The second kappa shape index (κ2) is 54.8. The number of hydrogen-bond donors (Lipinski definition) is 0. The summed E-state index contributed by atoms with van der Waals surface area (Å²) in [6.45, 7) is 8.13. The van der Waals surface area contributed by atoms with E-state index in [-0.39, 0.29) is 80.9 Å². The van der Waals surface area contributed by atoms with Crippen LogP contribution in [0.1, 0.15) is 246 Å². The van der Waals surface area contributed by atoms with Gasteiger partial charge in [-0.2, -0.15) is 0 Å². The summed E-state index contributed by atoms with van der Waals surface area (Å²) < 4.78 is 64.0. The molecule has 0 heterocycles. The molecule has 0 atom stereocenters. The molecule has 0 aliphatic heterocycles. The Morgan fingerprint density at radius 2 is 0.485 bits per heavy atom. The fourth-order valence-corrected chi connectivity index (χ4v) is 9.36. The second-order valence-electron chi connectivity index (χ2n) is 23.6. The summed E-state index contributed by atoms with van der Waals surface area (Å²) in [5, 5.41) is 0. The molecule has 0 aliphatic carbocycles. The van der Waals surface area contributed by atoms with Gasteiger partial charge in [-0.15, -0.1) is 0 Å². The van der Waals surface area contributed by atoms with E-state index in [0.29, 0.717) is 195 Å². The Morgan fingerprint density at radius 3 is 0.742 bits per heavy atom. The van der Waals surface area contributed by atoms with E-state index in [2.05, 4.69) is 6.58 Å². The Balaban J connectivity index is 0.980. The van der Waals surface area contributed by atoms with Gasteiger partial charge in [0.25, 0.3) is 0 Å². The number of methoxy groups -OCH3 is 1. The Labute approximate surface area is 573 Å². The lowest BCUT2D eigenvalue weighted by Crippen LogP contribution is -2.09. The number of ether oxygens (including phenoxy) is 12. The SMILES string of the molecule is C=C(C)C(=O)OCCCCCC(=O)OCCCCCC(=O)OCCCCCC(=O)OCCCCCC(=O)OCCCCCC(=O)OCCCCCC(=O)OCCCCCC(=O)OCCCCCCCCOc1ccc(C(=O)Oc2ccc(OC(=O)c3ccc(OC)cc3)cc2)cc1. The van der Waals surface area contributed by atoms with Gasteiger partial charge in [-0.05, 0) is 227 Å². The number of rotatable bonds is 58. The van der Waals surface area contributed by atoms with E-state index in [1.165, 1.54) is 0 Å². The van der Waals surface area contributed by atoms with Gasteiger partial charge < -0.3 is 56.8 Å². The summed E-state index contributed by atoms with van der Waals surface area (Å²) >= 11 is 0. The van der Waals surface area contributed by atoms with Crippen LogP contribution < -0.4 is 18.9 Å². The second-order valence-corrected chi connectivity index (χ2v) is 23.6. The Hall–Kier alpha value is -8.30. The predicted octanol–water partition coefficient (Wildman–Crippen LogP) is 14.7. The van der Waals surface area contributed by atoms with Crippen molar-refractivity contribution in [1.82, 2.24) is 0 Å². The third-order valence-electron chi connectivity index (χ3n) is 15.1. The van der Waals surface area contributed by atoms with Crippen LogP contribution in [-0.4, -0.2) is 126 Å². The molecule has 0 amide bonds. The van der Waals surface area contributed by atoms with Gasteiger partial charge in [0.05, 0.1) is 77.7 Å². The van der Waals surface area contributed by atoms with Gasteiger partial charge in [-0.3, -0.25) is 33.6 Å². The standard InChI is InChI=1S/C75H106O22/c1-59(2)73(83)95-58-30-14-21-37-72(82)94-57-29-13-20-36-71(81)93-56-28-12-19-35-70(80)92-55-27-11-18-34-69(79)91-54-26-10-17-33-68(78)90-53-25-9-16-32-67(77)89-52-24-8-15-31-66(76)88-51-23-7-5-4-6-22-50-87-63-44-40-61(41-45-63)75(85)97-65-48-46-64(47-49-65)96-74(84)60-38-42-62(86-3)43-39-60/h38-49H,1,4-37,50-58H2,2-3H3. The van der Waals surface area contributed by atoms with Crippen LogP contribution in [0.15, 0.2) is 84.9 Å². The number of hydrogen-bond acceptors (Lipinski definition) is 22. The Bertz CT molecular complexity index is 2740. The number of benzene rings is 3. The summed E-state index contributed by atoms with van der Waals surface area (Å²) in [6, 6.07) is 19.5. The van der Waals surface area contributed by atoms with Crippen molar-refractivity contribution >= 4 is 59.7 Å². The Morgan fingerprint density at radius 1 is 0.268 bits per heavy atom. The van der Waals surface area contributed by atoms with Crippen LogP contribution in [0, 0.1) is 0 Å². The largest absolute Gasteiger partial charge is 0.497 e. The van der Waals surface area contributed by atoms with Crippen LogP contribution in [0.25, 0.3) is 0 Å². The minimum absolute atomic E-state index is 0.217. The van der Waals surface area contributed by atoms with E-state index in [4.69, 9.17) is 56.8 Å². The van der Waals surface area contributed by atoms with Gasteiger partial charge in [-0.1, -0.05) is 32.3 Å². The van der Waals surface area contributed by atoms with Crippen LogP contribution in [0.5, 0.6) is 23.0 Å². The lowest BCUT2D eigenvalue weighted by atomic mass is 10.1. The number of carbonyl (C=O) groups is 10. The Kier molecular flexibility index (Phi) is 46.8. The summed E-state index contributed by atoms with van der Waals surface area (Å²) in [5.41, 5.74) is 1.10. The molecule has 0 aliphatic rings. The maximum Gasteiger partial charge on any atom is 0.343 e. The molecule has 22 nitrogen and oxygen atoms in total. The average Bonchev–Trinajstić information content (AvgIpc) is 0.950. The van der Waals surface area contributed by atoms with Gasteiger partial charge in [0.15, 0.2) is 0 Å². The van der Waals surface area contributed by atoms with Crippen molar-refractivity contribution in [3.8, 4) is 23.0 Å². The van der Waals surface area contributed by atoms with Crippen molar-refractivity contribution in [2.75, 3.05) is 66.6 Å². The van der Waals surface area contributed by atoms with E-state index < -0.39 is 17.9 Å². The average molecular weight is 1360 g/mol. The molecule has 0 aromatic heterocycles. The molecule has 0 fully saturated rings. The maximum absolute atomic E-state index is 12.7. The molecular weight excluding hydrogens is 1250 g/mol. The van der Waals surface area contributed by atoms with Crippen molar-refractivity contribution in [2.45, 2.75) is 225 Å². The van der Waals surface area contributed by atoms with Gasteiger partial charge in [0.1, 0.15) is 23.0 Å². The van der Waals surface area contributed by atoms with Crippen molar-refractivity contribution in [3.05, 3.63) is 96.1 Å². The highest BCUT2D eigenvalue weighted by Gasteiger charge is 2.15. The molecule has 0 saturated carbocycles. The lowest BCUT2D eigenvalue weighted by molar-refractivity contribution is -0.146. The normalized spacial score (nSPS) is 10.7. The zero-order valence-electron chi connectivity index (χ0n) is 57.5. The summed E-state index contributed by atoms with van der Waals surface area (Å²) in [5.74, 6) is -1.42. The number of unbranched alkanes of at least 4 members (excludes halogenated alkanes) is 19. The molecule has 0 bridgehead atoms. The lowest BCUT2D eigenvalue weighted by Gasteiger charge is -2.09. The molecule has 0 unspecified atom stereocenters. The van der Waals surface area contributed by atoms with E-state index in [9.17, 15) is 47.9 Å². The molecule has 3 aromatic carbocycles.